The molecule has 184 valence electrons. The fraction of sp³-hybridized carbons (Fsp3) is 0.464. The highest BCUT2D eigenvalue weighted by Gasteiger charge is 2.47. The molecule has 5 rings (SSSR count). The van der Waals surface area contributed by atoms with Gasteiger partial charge in [-0.25, -0.2) is 4.79 Å². The molecule has 1 saturated carbocycles. The molecule has 7 nitrogen and oxygen atoms in total. The number of piperidine rings is 1. The highest BCUT2D eigenvalue weighted by molar-refractivity contribution is 5.80. The number of rotatable bonds is 7. The van der Waals surface area contributed by atoms with E-state index in [1.807, 2.05) is 36.1 Å². The number of carboxylic acid groups (broad SMARTS) is 1. The van der Waals surface area contributed by atoms with Crippen LogP contribution in [0.1, 0.15) is 43.2 Å². The van der Waals surface area contributed by atoms with Crippen LogP contribution in [0.4, 0.5) is 4.79 Å². The highest BCUT2D eigenvalue weighted by atomic mass is 16.5. The van der Waals surface area contributed by atoms with Crippen LogP contribution < -0.4 is 5.32 Å². The number of alkyl carbamates (subject to hydrolysis) is 1. The lowest BCUT2D eigenvalue weighted by atomic mass is 9.84. The monoisotopic (exact) mass is 476 g/mol. The summed E-state index contributed by atoms with van der Waals surface area (Å²) in [7, 11) is 0. The third-order valence-electron chi connectivity index (χ3n) is 8.04. The van der Waals surface area contributed by atoms with Crippen molar-refractivity contribution in [2.24, 2.45) is 23.7 Å². The second kappa shape index (κ2) is 9.72. The Hall–Kier alpha value is -3.35. The van der Waals surface area contributed by atoms with Crippen molar-refractivity contribution in [2.45, 2.75) is 32.1 Å². The number of amides is 2. The van der Waals surface area contributed by atoms with Gasteiger partial charge in [-0.15, -0.1) is 0 Å². The fourth-order valence-electron chi connectivity index (χ4n) is 6.28. The zero-order valence-electron chi connectivity index (χ0n) is 20.0. The molecule has 1 saturated heterocycles. The van der Waals surface area contributed by atoms with Gasteiger partial charge >= 0.3 is 12.1 Å². The van der Waals surface area contributed by atoms with Gasteiger partial charge in [0.25, 0.3) is 0 Å². The molecule has 1 aliphatic heterocycles. The van der Waals surface area contributed by atoms with Gasteiger partial charge < -0.3 is 20.1 Å². The quantitative estimate of drug-likeness (QED) is 0.627. The molecule has 2 amide bonds. The highest BCUT2D eigenvalue weighted by Crippen LogP contribution is 2.44. The lowest BCUT2D eigenvalue weighted by Gasteiger charge is -2.37. The minimum Gasteiger partial charge on any atom is -0.481 e. The molecular weight excluding hydrogens is 444 g/mol. The summed E-state index contributed by atoms with van der Waals surface area (Å²) in [5.41, 5.74) is 4.71. The molecule has 2 N–H and O–H groups in total. The third kappa shape index (κ3) is 4.51. The fourth-order valence-corrected chi connectivity index (χ4v) is 6.28. The van der Waals surface area contributed by atoms with Crippen LogP contribution in [0.15, 0.2) is 48.5 Å². The summed E-state index contributed by atoms with van der Waals surface area (Å²) in [6.07, 6.45) is 1.79. The van der Waals surface area contributed by atoms with Gasteiger partial charge in [-0.1, -0.05) is 55.5 Å². The maximum Gasteiger partial charge on any atom is 0.407 e. The van der Waals surface area contributed by atoms with Crippen molar-refractivity contribution < 1.29 is 24.2 Å². The van der Waals surface area contributed by atoms with E-state index in [-0.39, 0.29) is 42.1 Å². The van der Waals surface area contributed by atoms with Crippen LogP contribution in [-0.2, 0) is 14.3 Å². The number of hydrogen-bond donors (Lipinski definition) is 2. The maximum absolute atomic E-state index is 12.9. The number of nitrogens with zero attached hydrogens (tertiary/aromatic N) is 1. The van der Waals surface area contributed by atoms with Gasteiger partial charge in [0.15, 0.2) is 0 Å². The van der Waals surface area contributed by atoms with Crippen molar-refractivity contribution in [3.63, 3.8) is 0 Å². The van der Waals surface area contributed by atoms with E-state index < -0.39 is 12.1 Å². The normalized spacial score (nSPS) is 23.3. The van der Waals surface area contributed by atoms with Crippen LogP contribution >= 0.6 is 0 Å². The van der Waals surface area contributed by atoms with Gasteiger partial charge in [0, 0.05) is 31.5 Å². The summed E-state index contributed by atoms with van der Waals surface area (Å²) < 4.78 is 5.57. The zero-order chi connectivity index (χ0) is 24.5. The van der Waals surface area contributed by atoms with Crippen molar-refractivity contribution in [2.75, 3.05) is 26.2 Å². The van der Waals surface area contributed by atoms with Gasteiger partial charge in [0.05, 0.1) is 5.92 Å². The Labute approximate surface area is 205 Å². The Balaban J connectivity index is 1.09. The van der Waals surface area contributed by atoms with E-state index in [0.717, 1.165) is 12.8 Å². The average molecular weight is 477 g/mol. The summed E-state index contributed by atoms with van der Waals surface area (Å²) >= 11 is 0. The molecule has 0 spiro atoms. The molecule has 3 atom stereocenters. The Morgan fingerprint density at radius 3 is 2.14 bits per heavy atom. The number of hydrogen-bond acceptors (Lipinski definition) is 4. The predicted molar refractivity (Wildman–Crippen MR) is 131 cm³/mol. The molecule has 1 heterocycles. The minimum absolute atomic E-state index is 0.0118. The van der Waals surface area contributed by atoms with E-state index in [0.29, 0.717) is 26.1 Å². The molecule has 2 aliphatic carbocycles. The number of aliphatic carboxylic acids is 1. The number of fused-ring (bicyclic) bond motifs is 5. The van der Waals surface area contributed by atoms with Gasteiger partial charge in [-0.3, -0.25) is 9.59 Å². The van der Waals surface area contributed by atoms with Crippen molar-refractivity contribution in [1.82, 2.24) is 10.2 Å². The average Bonchev–Trinajstić information content (AvgIpc) is 3.33. The first-order valence-electron chi connectivity index (χ1n) is 12.5. The SMILES string of the molecule is CC(CCNC(=O)OCC1c2ccccc2-c2ccccc21)C(=O)N1CC2CCC(C1)C2C(=O)O. The van der Waals surface area contributed by atoms with Crippen LogP contribution in [0.2, 0.25) is 0 Å². The van der Waals surface area contributed by atoms with E-state index in [4.69, 9.17) is 4.74 Å². The van der Waals surface area contributed by atoms with Crippen molar-refractivity contribution in [3.8, 4) is 11.1 Å². The lowest BCUT2D eigenvalue weighted by Crippen LogP contribution is -2.49. The van der Waals surface area contributed by atoms with E-state index in [9.17, 15) is 19.5 Å². The Bertz CT molecular complexity index is 1070. The number of likely N-dealkylation sites (tertiary alicyclic amines) is 1. The summed E-state index contributed by atoms with van der Waals surface area (Å²) in [6, 6.07) is 16.4. The second-order valence-corrected chi connectivity index (χ2v) is 10.1. The molecule has 35 heavy (non-hydrogen) atoms. The molecule has 2 aromatic carbocycles. The first-order valence-corrected chi connectivity index (χ1v) is 12.5. The summed E-state index contributed by atoms with van der Waals surface area (Å²) in [6.45, 7) is 3.53. The molecule has 0 aromatic heterocycles. The summed E-state index contributed by atoms with van der Waals surface area (Å²) in [4.78, 5) is 38.7. The largest absolute Gasteiger partial charge is 0.481 e. The number of carboxylic acids is 1. The van der Waals surface area contributed by atoms with Gasteiger partial charge in [-0.05, 0) is 53.4 Å². The van der Waals surface area contributed by atoms with E-state index in [1.165, 1.54) is 22.3 Å². The van der Waals surface area contributed by atoms with Crippen LogP contribution in [-0.4, -0.2) is 54.2 Å². The molecule has 2 bridgehead atoms. The van der Waals surface area contributed by atoms with Crippen molar-refractivity contribution in [3.05, 3.63) is 59.7 Å². The van der Waals surface area contributed by atoms with Crippen molar-refractivity contribution >= 4 is 18.0 Å². The zero-order valence-corrected chi connectivity index (χ0v) is 20.0. The van der Waals surface area contributed by atoms with E-state index in [2.05, 4.69) is 29.6 Å². The standard InChI is InChI=1S/C28H32N2O5/c1-17(26(31)30-14-18-10-11-19(15-30)25(18)27(32)33)12-13-29-28(34)35-16-24-22-8-4-2-6-20(22)21-7-3-5-9-23(21)24/h2-9,17-19,24-25H,10-16H2,1H3,(H,29,34)(H,32,33). The number of carbonyl (C=O) groups is 3. The van der Waals surface area contributed by atoms with Crippen LogP contribution in [0, 0.1) is 23.7 Å². The van der Waals surface area contributed by atoms with E-state index >= 15 is 0 Å². The first-order chi connectivity index (χ1) is 16.9. The van der Waals surface area contributed by atoms with Gasteiger partial charge in [-0.2, -0.15) is 0 Å². The number of benzene rings is 2. The Morgan fingerprint density at radius 2 is 1.57 bits per heavy atom. The molecule has 7 heteroatoms. The molecule has 3 aliphatic rings. The van der Waals surface area contributed by atoms with E-state index in [1.54, 1.807) is 0 Å². The number of nitrogens with one attached hydrogen (secondary N) is 1. The van der Waals surface area contributed by atoms with Crippen molar-refractivity contribution in [1.29, 1.82) is 0 Å². The first kappa shape index (κ1) is 23.4. The Morgan fingerprint density at radius 1 is 1.00 bits per heavy atom. The number of carbonyl (C=O) groups excluding carboxylic acids is 2. The van der Waals surface area contributed by atoms with Gasteiger partial charge in [0.1, 0.15) is 6.61 Å². The predicted octanol–water partition coefficient (Wildman–Crippen LogP) is 4.12. The van der Waals surface area contributed by atoms with Crippen LogP contribution in [0.5, 0.6) is 0 Å². The van der Waals surface area contributed by atoms with Crippen LogP contribution in [0.3, 0.4) is 0 Å². The molecular formula is C28H32N2O5. The summed E-state index contributed by atoms with van der Waals surface area (Å²) in [5.74, 6) is -1.13. The second-order valence-electron chi connectivity index (χ2n) is 10.1. The minimum atomic E-state index is -0.732. The molecule has 0 radical (unpaired) electrons. The Kier molecular flexibility index (Phi) is 6.50. The third-order valence-corrected chi connectivity index (χ3v) is 8.04. The lowest BCUT2D eigenvalue weighted by molar-refractivity contribution is -0.150. The van der Waals surface area contributed by atoms with Crippen LogP contribution in [0.25, 0.3) is 11.1 Å². The van der Waals surface area contributed by atoms with Gasteiger partial charge in [0.2, 0.25) is 5.91 Å². The topological polar surface area (TPSA) is 95.9 Å². The maximum atomic E-state index is 12.9. The summed E-state index contributed by atoms with van der Waals surface area (Å²) in [5, 5.41) is 12.3. The molecule has 3 unspecified atom stereocenters. The number of ether oxygens (including phenoxy) is 1. The molecule has 2 fully saturated rings. The molecule has 2 aromatic rings. The smallest absolute Gasteiger partial charge is 0.407 e.